The van der Waals surface area contributed by atoms with Gasteiger partial charge in [0.05, 0.1) is 0 Å². The van der Waals surface area contributed by atoms with Gasteiger partial charge < -0.3 is 0 Å². The highest BCUT2D eigenvalue weighted by atomic mass is 16.1. The molecule has 0 unspecified atom stereocenters. The molecule has 0 spiro atoms. The zero-order valence-electron chi connectivity index (χ0n) is 11.6. The van der Waals surface area contributed by atoms with Crippen molar-refractivity contribution in [1.82, 2.24) is 0 Å². The summed E-state index contributed by atoms with van der Waals surface area (Å²) in [5.74, 6) is 0.180. The van der Waals surface area contributed by atoms with Gasteiger partial charge in [-0.15, -0.1) is 0 Å². The van der Waals surface area contributed by atoms with E-state index in [4.69, 9.17) is 0 Å². The maximum absolute atomic E-state index is 11.7. The summed E-state index contributed by atoms with van der Waals surface area (Å²) in [6.07, 6.45) is 12.0. The topological polar surface area (TPSA) is 17.1 Å². The Morgan fingerprint density at radius 1 is 1.18 bits per heavy atom. The second kappa shape index (κ2) is 10.1. The van der Waals surface area contributed by atoms with Gasteiger partial charge in [-0.2, -0.15) is 0 Å². The van der Waals surface area contributed by atoms with Crippen molar-refractivity contribution in [2.24, 2.45) is 0 Å². The van der Waals surface area contributed by atoms with Crippen LogP contribution in [0, 0.1) is 0 Å². The molecular formula is C16H26O. The van der Waals surface area contributed by atoms with E-state index in [1.807, 2.05) is 18.2 Å². The van der Waals surface area contributed by atoms with Crippen molar-refractivity contribution in [2.75, 3.05) is 0 Å². The van der Waals surface area contributed by atoms with Crippen LogP contribution in [0.25, 0.3) is 0 Å². The Morgan fingerprint density at radius 3 is 2.47 bits per heavy atom. The summed E-state index contributed by atoms with van der Waals surface area (Å²) in [6.45, 7) is 10.2. The zero-order chi connectivity index (χ0) is 13.1. The van der Waals surface area contributed by atoms with Gasteiger partial charge in [-0.1, -0.05) is 63.5 Å². The Kier molecular flexibility index (Phi) is 9.41. The van der Waals surface area contributed by atoms with Crippen LogP contribution < -0.4 is 0 Å². The van der Waals surface area contributed by atoms with Crippen molar-refractivity contribution in [3.8, 4) is 0 Å². The molecule has 0 N–H and O–H groups in total. The average Bonchev–Trinajstić information content (AvgIpc) is 2.33. The van der Waals surface area contributed by atoms with Crippen molar-refractivity contribution in [1.29, 1.82) is 0 Å². The molecule has 0 rings (SSSR count). The molecular weight excluding hydrogens is 208 g/mol. The van der Waals surface area contributed by atoms with Crippen LogP contribution >= 0.6 is 0 Å². The van der Waals surface area contributed by atoms with Crippen LogP contribution in [0.2, 0.25) is 0 Å². The minimum atomic E-state index is 0.180. The Hall–Kier alpha value is -1.11. The number of carbonyl (C=O) groups excluding carboxylic acids is 1. The molecule has 17 heavy (non-hydrogen) atoms. The Bertz CT molecular complexity index is 295. The molecule has 0 bridgehead atoms. The number of ketones is 1. The van der Waals surface area contributed by atoms with Crippen LogP contribution in [0.5, 0.6) is 0 Å². The van der Waals surface area contributed by atoms with E-state index >= 15 is 0 Å². The lowest BCUT2D eigenvalue weighted by Gasteiger charge is -1.99. The minimum Gasteiger partial charge on any atom is -0.294 e. The first-order chi connectivity index (χ1) is 8.11. The SMILES string of the molecule is C=C(/C=C\C=C(/C)CC)C(=O)CCCCCC. The van der Waals surface area contributed by atoms with Crippen LogP contribution in [-0.4, -0.2) is 5.78 Å². The predicted octanol–water partition coefficient (Wildman–Crippen LogP) is 4.99. The van der Waals surface area contributed by atoms with E-state index in [1.54, 1.807) is 0 Å². The summed E-state index contributed by atoms with van der Waals surface area (Å²) in [6, 6.07) is 0. The van der Waals surface area contributed by atoms with Crippen molar-refractivity contribution >= 4 is 5.78 Å². The minimum absolute atomic E-state index is 0.180. The second-order valence-corrected chi connectivity index (χ2v) is 4.48. The molecule has 1 nitrogen and oxygen atoms in total. The van der Waals surface area contributed by atoms with Crippen molar-refractivity contribution in [2.45, 2.75) is 59.3 Å². The summed E-state index contributed by atoms with van der Waals surface area (Å²) in [7, 11) is 0. The van der Waals surface area contributed by atoms with Gasteiger partial charge >= 0.3 is 0 Å². The summed E-state index contributed by atoms with van der Waals surface area (Å²) < 4.78 is 0. The number of rotatable bonds is 9. The Labute approximate surface area is 106 Å². The molecule has 1 heteroatoms. The number of Topliss-reactive ketones (excluding diaryl/α,β-unsaturated/α-hetero) is 1. The highest BCUT2D eigenvalue weighted by Gasteiger charge is 2.02. The molecule has 0 aliphatic heterocycles. The fourth-order valence-corrected chi connectivity index (χ4v) is 1.41. The average molecular weight is 234 g/mol. The summed E-state index contributed by atoms with van der Waals surface area (Å²) in [5.41, 5.74) is 1.94. The van der Waals surface area contributed by atoms with Crippen LogP contribution in [0.3, 0.4) is 0 Å². The molecule has 0 aromatic heterocycles. The first kappa shape index (κ1) is 15.9. The highest BCUT2D eigenvalue weighted by Crippen LogP contribution is 2.08. The first-order valence-electron chi connectivity index (χ1n) is 6.67. The fourth-order valence-electron chi connectivity index (χ4n) is 1.41. The van der Waals surface area contributed by atoms with Gasteiger partial charge in [0.15, 0.2) is 5.78 Å². The quantitative estimate of drug-likeness (QED) is 0.312. The van der Waals surface area contributed by atoms with Crippen LogP contribution in [0.4, 0.5) is 0 Å². The monoisotopic (exact) mass is 234 g/mol. The molecule has 0 atom stereocenters. The van der Waals surface area contributed by atoms with Gasteiger partial charge in [-0.3, -0.25) is 4.79 Å². The molecule has 0 fully saturated rings. The van der Waals surface area contributed by atoms with Crippen LogP contribution in [-0.2, 0) is 4.79 Å². The van der Waals surface area contributed by atoms with Crippen molar-refractivity contribution in [3.63, 3.8) is 0 Å². The first-order valence-corrected chi connectivity index (χ1v) is 6.67. The van der Waals surface area contributed by atoms with Crippen LogP contribution in [0.15, 0.2) is 36.0 Å². The van der Waals surface area contributed by atoms with E-state index in [-0.39, 0.29) is 5.78 Å². The summed E-state index contributed by atoms with van der Waals surface area (Å²) in [5, 5.41) is 0. The molecule has 96 valence electrons. The van der Waals surface area contributed by atoms with Gasteiger partial charge in [-0.25, -0.2) is 0 Å². The summed E-state index contributed by atoms with van der Waals surface area (Å²) >= 11 is 0. The maximum atomic E-state index is 11.7. The zero-order valence-corrected chi connectivity index (χ0v) is 11.6. The van der Waals surface area contributed by atoms with Crippen LogP contribution in [0.1, 0.15) is 59.3 Å². The molecule has 0 radical (unpaired) electrons. The lowest BCUT2D eigenvalue weighted by atomic mass is 10.0. The normalized spacial score (nSPS) is 12.1. The third kappa shape index (κ3) is 8.67. The highest BCUT2D eigenvalue weighted by molar-refractivity contribution is 5.97. The van der Waals surface area contributed by atoms with E-state index in [2.05, 4.69) is 27.4 Å². The largest absolute Gasteiger partial charge is 0.294 e. The Balaban J connectivity index is 3.93. The maximum Gasteiger partial charge on any atom is 0.162 e. The second-order valence-electron chi connectivity index (χ2n) is 4.48. The molecule has 0 aliphatic rings. The van der Waals surface area contributed by atoms with E-state index in [1.165, 1.54) is 18.4 Å². The van der Waals surface area contributed by atoms with Gasteiger partial charge in [0.25, 0.3) is 0 Å². The lowest BCUT2D eigenvalue weighted by Crippen LogP contribution is -1.98. The number of carbonyl (C=O) groups is 1. The number of hydrogen-bond donors (Lipinski definition) is 0. The molecule has 0 saturated heterocycles. The van der Waals surface area contributed by atoms with Gasteiger partial charge in [-0.05, 0) is 19.8 Å². The van der Waals surface area contributed by atoms with E-state index in [0.717, 1.165) is 19.3 Å². The van der Waals surface area contributed by atoms with E-state index in [9.17, 15) is 4.79 Å². The smallest absolute Gasteiger partial charge is 0.162 e. The predicted molar refractivity (Wildman–Crippen MR) is 76.1 cm³/mol. The number of hydrogen-bond acceptors (Lipinski definition) is 1. The van der Waals surface area contributed by atoms with Gasteiger partial charge in [0, 0.05) is 12.0 Å². The fraction of sp³-hybridized carbons (Fsp3) is 0.562. The Morgan fingerprint density at radius 2 is 1.88 bits per heavy atom. The molecule has 0 saturated carbocycles. The molecule has 0 amide bonds. The molecule has 0 aromatic carbocycles. The summed E-state index contributed by atoms with van der Waals surface area (Å²) in [4.78, 5) is 11.7. The standard InChI is InChI=1S/C16H26O/c1-5-7-8-9-13-16(17)15(4)12-10-11-14(3)6-2/h10-12H,4-9,13H2,1-3H3/b12-10-,14-11+. The number of unbranched alkanes of at least 4 members (excludes halogenated alkanes) is 3. The van der Waals surface area contributed by atoms with E-state index in [0.29, 0.717) is 12.0 Å². The van der Waals surface area contributed by atoms with Crippen molar-refractivity contribution in [3.05, 3.63) is 36.0 Å². The van der Waals surface area contributed by atoms with Gasteiger partial charge in [0.2, 0.25) is 0 Å². The van der Waals surface area contributed by atoms with Crippen molar-refractivity contribution < 1.29 is 4.79 Å². The third-order valence-electron chi connectivity index (χ3n) is 2.85. The lowest BCUT2D eigenvalue weighted by molar-refractivity contribution is -0.115. The van der Waals surface area contributed by atoms with Gasteiger partial charge in [0.1, 0.15) is 0 Å². The molecule has 0 heterocycles. The van der Waals surface area contributed by atoms with E-state index < -0.39 is 0 Å². The molecule has 0 aliphatic carbocycles. The third-order valence-corrected chi connectivity index (χ3v) is 2.85. The number of allylic oxidation sites excluding steroid dienone is 5. The molecule has 0 aromatic rings.